The van der Waals surface area contributed by atoms with E-state index in [9.17, 15) is 18.7 Å². The Bertz CT molecular complexity index is 1340. The molecule has 8 heteroatoms. The first-order chi connectivity index (χ1) is 17.8. The molecule has 0 aliphatic carbocycles. The summed E-state index contributed by atoms with van der Waals surface area (Å²) in [5.41, 5.74) is 1.98. The molecule has 1 aliphatic heterocycles. The van der Waals surface area contributed by atoms with Crippen molar-refractivity contribution in [3.63, 3.8) is 0 Å². The molecule has 0 unspecified atom stereocenters. The minimum absolute atomic E-state index is 0.125. The molecule has 1 N–H and O–H groups in total. The molecule has 0 bridgehead atoms. The lowest BCUT2D eigenvalue weighted by atomic mass is 9.72. The largest absolute Gasteiger partial charge is 0.497 e. The summed E-state index contributed by atoms with van der Waals surface area (Å²) in [6, 6.07) is 9.32. The maximum Gasteiger partial charge on any atom is 0.303 e. The van der Waals surface area contributed by atoms with Gasteiger partial charge in [-0.25, -0.2) is 8.78 Å². The van der Waals surface area contributed by atoms with Gasteiger partial charge in [0.2, 0.25) is 0 Å². The molecule has 1 aliphatic rings. The average Bonchev–Trinajstić information content (AvgIpc) is 2.88. The number of aliphatic carboxylic acids is 1. The molecule has 0 spiro atoms. The van der Waals surface area contributed by atoms with Gasteiger partial charge in [0.1, 0.15) is 5.75 Å². The van der Waals surface area contributed by atoms with Crippen LogP contribution < -0.4 is 4.74 Å². The van der Waals surface area contributed by atoms with Crippen LogP contribution in [-0.2, 0) is 11.2 Å². The van der Waals surface area contributed by atoms with Crippen LogP contribution in [0.4, 0.5) is 8.78 Å². The van der Waals surface area contributed by atoms with Crippen LogP contribution in [0.25, 0.3) is 10.9 Å². The SMILES string of the molecule is COc1ccc2ncc(Cl)c(CCCC3(CC(=O)O)CCN(CC#Cc4ccc(F)c(F)c4)CC3)c2c1. The molecule has 0 radical (unpaired) electrons. The molecule has 0 saturated carbocycles. The molecular weight excluding hydrogens is 498 g/mol. The van der Waals surface area contributed by atoms with Gasteiger partial charge in [-0.3, -0.25) is 14.7 Å². The van der Waals surface area contributed by atoms with Crippen molar-refractivity contribution in [3.05, 3.63) is 70.4 Å². The number of aryl methyl sites for hydroxylation is 1. The molecule has 0 amide bonds. The molecule has 37 heavy (non-hydrogen) atoms. The second kappa shape index (κ2) is 11.9. The summed E-state index contributed by atoms with van der Waals surface area (Å²) in [7, 11) is 1.62. The van der Waals surface area contributed by atoms with Gasteiger partial charge >= 0.3 is 5.97 Å². The Hall–Kier alpha value is -3.21. The van der Waals surface area contributed by atoms with Crippen LogP contribution in [0.5, 0.6) is 5.75 Å². The van der Waals surface area contributed by atoms with Crippen LogP contribution in [0.15, 0.2) is 42.6 Å². The summed E-state index contributed by atoms with van der Waals surface area (Å²) < 4.78 is 31.8. The quantitative estimate of drug-likeness (QED) is 0.359. The number of aromatic nitrogens is 1. The first-order valence-electron chi connectivity index (χ1n) is 12.3. The van der Waals surface area contributed by atoms with Crippen LogP contribution in [0.3, 0.4) is 0 Å². The third-order valence-corrected chi connectivity index (χ3v) is 7.49. The number of carboxylic acid groups (broad SMARTS) is 1. The van der Waals surface area contributed by atoms with Crippen molar-refractivity contribution in [1.29, 1.82) is 0 Å². The van der Waals surface area contributed by atoms with Crippen molar-refractivity contribution in [2.75, 3.05) is 26.7 Å². The number of methoxy groups -OCH3 is 1. The van der Waals surface area contributed by atoms with E-state index in [4.69, 9.17) is 16.3 Å². The lowest BCUT2D eigenvalue weighted by molar-refractivity contribution is -0.140. The number of halogens is 3. The first-order valence-corrected chi connectivity index (χ1v) is 12.7. The zero-order chi connectivity index (χ0) is 26.4. The lowest BCUT2D eigenvalue weighted by Crippen LogP contribution is -2.41. The van der Waals surface area contributed by atoms with Crippen LogP contribution in [0, 0.1) is 28.9 Å². The fourth-order valence-corrected chi connectivity index (χ4v) is 5.32. The van der Waals surface area contributed by atoms with Gasteiger partial charge in [-0.05, 0) is 92.6 Å². The number of benzene rings is 2. The van der Waals surface area contributed by atoms with E-state index >= 15 is 0 Å². The molecule has 3 aromatic rings. The summed E-state index contributed by atoms with van der Waals surface area (Å²) in [6.45, 7) is 1.95. The highest BCUT2D eigenvalue weighted by atomic mass is 35.5. The molecule has 2 aromatic carbocycles. The van der Waals surface area contributed by atoms with E-state index in [0.29, 0.717) is 17.1 Å². The number of hydrogen-bond donors (Lipinski definition) is 1. The van der Waals surface area contributed by atoms with Gasteiger partial charge in [-0.2, -0.15) is 0 Å². The maximum absolute atomic E-state index is 13.4. The molecule has 4 rings (SSSR count). The van der Waals surface area contributed by atoms with Gasteiger partial charge in [-0.15, -0.1) is 0 Å². The minimum Gasteiger partial charge on any atom is -0.497 e. The Morgan fingerprint density at radius 3 is 2.68 bits per heavy atom. The lowest BCUT2D eigenvalue weighted by Gasteiger charge is -2.40. The molecule has 2 heterocycles. The van der Waals surface area contributed by atoms with Gasteiger partial charge in [0.15, 0.2) is 11.6 Å². The van der Waals surface area contributed by atoms with E-state index in [1.54, 1.807) is 13.3 Å². The third-order valence-electron chi connectivity index (χ3n) is 7.17. The molecule has 1 aromatic heterocycles. The minimum atomic E-state index is -0.914. The van der Waals surface area contributed by atoms with Gasteiger partial charge in [-0.1, -0.05) is 23.4 Å². The Balaban J connectivity index is 1.38. The Kier molecular flexibility index (Phi) is 8.63. The Morgan fingerprint density at radius 1 is 1.19 bits per heavy atom. The number of fused-ring (bicyclic) bond motifs is 1. The number of pyridine rings is 1. The molecule has 1 saturated heterocycles. The van der Waals surface area contributed by atoms with E-state index in [1.807, 2.05) is 18.2 Å². The molecule has 0 atom stereocenters. The van der Waals surface area contributed by atoms with Crippen LogP contribution >= 0.6 is 11.6 Å². The zero-order valence-electron chi connectivity index (χ0n) is 20.7. The number of piperidine rings is 1. The first kappa shape index (κ1) is 26.8. The van der Waals surface area contributed by atoms with E-state index in [1.165, 1.54) is 6.07 Å². The summed E-state index contributed by atoms with van der Waals surface area (Å²) >= 11 is 6.51. The third kappa shape index (κ3) is 6.76. The maximum atomic E-state index is 13.4. The summed E-state index contributed by atoms with van der Waals surface area (Å²) in [5, 5.41) is 11.2. The molecular formula is C29H29ClF2N2O3. The fraction of sp³-hybridized carbons (Fsp3) is 0.379. The van der Waals surface area contributed by atoms with Gasteiger partial charge in [0, 0.05) is 17.1 Å². The standard InChI is InChI=1S/C29H29ClF2N2O3/c1-37-21-7-9-27-23(17-21)22(24(30)19-33-27)5-2-10-29(18-28(35)36)11-14-34(15-12-29)13-3-4-20-6-8-25(31)26(32)16-20/h6-9,16-17,19H,2,5,10-15,18H2,1H3,(H,35,36). The number of nitrogens with zero attached hydrogens (tertiary/aromatic N) is 2. The van der Waals surface area contributed by atoms with Crippen molar-refractivity contribution in [2.45, 2.75) is 38.5 Å². The van der Waals surface area contributed by atoms with E-state index in [2.05, 4.69) is 21.7 Å². The predicted octanol–water partition coefficient (Wildman–Crippen LogP) is 6.11. The van der Waals surface area contributed by atoms with Crippen LogP contribution in [0.1, 0.15) is 43.2 Å². The molecule has 5 nitrogen and oxygen atoms in total. The number of likely N-dealkylation sites (tertiary alicyclic amines) is 1. The number of ether oxygens (including phenoxy) is 1. The summed E-state index contributed by atoms with van der Waals surface area (Å²) in [4.78, 5) is 18.3. The van der Waals surface area contributed by atoms with Crippen LogP contribution in [-0.4, -0.2) is 47.7 Å². The van der Waals surface area contributed by atoms with E-state index in [-0.39, 0.29) is 11.8 Å². The monoisotopic (exact) mass is 526 g/mol. The Morgan fingerprint density at radius 2 is 1.97 bits per heavy atom. The van der Waals surface area contributed by atoms with Gasteiger partial charge in [0.25, 0.3) is 0 Å². The fourth-order valence-electron chi connectivity index (χ4n) is 5.07. The smallest absolute Gasteiger partial charge is 0.303 e. The zero-order valence-corrected chi connectivity index (χ0v) is 21.5. The molecule has 1 fully saturated rings. The number of carboxylic acids is 1. The second-order valence-electron chi connectivity index (χ2n) is 9.60. The summed E-state index contributed by atoms with van der Waals surface area (Å²) in [5.74, 6) is 4.04. The van der Waals surface area contributed by atoms with Gasteiger partial charge in [0.05, 0.1) is 30.6 Å². The van der Waals surface area contributed by atoms with Crippen molar-refractivity contribution in [1.82, 2.24) is 9.88 Å². The van der Waals surface area contributed by atoms with E-state index in [0.717, 1.165) is 79.5 Å². The van der Waals surface area contributed by atoms with Crippen LogP contribution in [0.2, 0.25) is 5.02 Å². The van der Waals surface area contributed by atoms with E-state index < -0.39 is 17.6 Å². The van der Waals surface area contributed by atoms with Crippen molar-refractivity contribution in [2.24, 2.45) is 5.41 Å². The molecule has 194 valence electrons. The summed E-state index contributed by atoms with van der Waals surface area (Å²) in [6.07, 6.45) is 5.60. The Labute approximate surface area is 220 Å². The van der Waals surface area contributed by atoms with Crippen molar-refractivity contribution < 1.29 is 23.4 Å². The predicted molar refractivity (Wildman–Crippen MR) is 140 cm³/mol. The van der Waals surface area contributed by atoms with Crippen molar-refractivity contribution >= 4 is 28.5 Å². The highest BCUT2D eigenvalue weighted by Crippen LogP contribution is 2.40. The highest BCUT2D eigenvalue weighted by molar-refractivity contribution is 6.32. The topological polar surface area (TPSA) is 62.7 Å². The highest BCUT2D eigenvalue weighted by Gasteiger charge is 2.36. The average molecular weight is 527 g/mol. The normalized spacial score (nSPS) is 15.2. The second-order valence-corrected chi connectivity index (χ2v) is 10.0. The number of hydrogen-bond acceptors (Lipinski definition) is 4. The number of carbonyl (C=O) groups is 1. The van der Waals surface area contributed by atoms with Gasteiger partial charge < -0.3 is 9.84 Å². The van der Waals surface area contributed by atoms with Crippen molar-refractivity contribution in [3.8, 4) is 17.6 Å². The number of rotatable bonds is 8.